The van der Waals surface area contributed by atoms with Crippen LogP contribution in [0.3, 0.4) is 0 Å². The first-order valence-corrected chi connectivity index (χ1v) is 11.6. The molecule has 0 saturated carbocycles. The van der Waals surface area contributed by atoms with Gasteiger partial charge in [-0.25, -0.2) is 0 Å². The largest absolute Gasteiger partial charge is 0.508 e. The third-order valence-corrected chi connectivity index (χ3v) is 5.75. The highest BCUT2D eigenvalue weighted by molar-refractivity contribution is 5.45. The molecule has 0 aromatic heterocycles. The van der Waals surface area contributed by atoms with Crippen molar-refractivity contribution in [1.82, 2.24) is 0 Å². The maximum absolute atomic E-state index is 9.96. The first-order chi connectivity index (χ1) is 13.2. The lowest BCUT2D eigenvalue weighted by Gasteiger charge is -2.10. The molecular weight excluding hydrogens is 332 g/mol. The molecule has 0 aliphatic rings. The van der Waals surface area contributed by atoms with Crippen molar-refractivity contribution < 1.29 is 9.84 Å². The fraction of sp³-hybridized carbons (Fsp3) is 0.760. The van der Waals surface area contributed by atoms with Crippen LogP contribution in [0, 0.1) is 6.92 Å². The van der Waals surface area contributed by atoms with Gasteiger partial charge in [-0.15, -0.1) is 0 Å². The number of hydrogen-bond acceptors (Lipinski definition) is 2. The zero-order chi connectivity index (χ0) is 19.7. The van der Waals surface area contributed by atoms with E-state index in [9.17, 15) is 5.11 Å². The Bertz CT molecular complexity index is 481. The smallest absolute Gasteiger partial charge is 0.122 e. The molecule has 0 amide bonds. The van der Waals surface area contributed by atoms with E-state index in [1.807, 2.05) is 6.92 Å². The maximum atomic E-state index is 9.96. The Labute approximate surface area is 168 Å². The van der Waals surface area contributed by atoms with E-state index in [2.05, 4.69) is 13.0 Å². The monoisotopic (exact) mass is 376 g/mol. The highest BCUT2D eigenvalue weighted by Crippen LogP contribution is 2.28. The first-order valence-electron chi connectivity index (χ1n) is 11.6. The SMILES string of the molecule is CCCCCCCCCCCCCCCCCc1cc(OC)cc(O)c1C. The number of rotatable bonds is 17. The van der Waals surface area contributed by atoms with Gasteiger partial charge in [0.2, 0.25) is 0 Å². The topological polar surface area (TPSA) is 29.5 Å². The Hall–Kier alpha value is -1.18. The van der Waals surface area contributed by atoms with Crippen molar-refractivity contribution >= 4 is 0 Å². The molecule has 0 unspecified atom stereocenters. The van der Waals surface area contributed by atoms with Crippen LogP contribution in [0.4, 0.5) is 0 Å². The fourth-order valence-corrected chi connectivity index (χ4v) is 3.79. The molecule has 0 bridgehead atoms. The summed E-state index contributed by atoms with van der Waals surface area (Å²) in [7, 11) is 1.65. The van der Waals surface area contributed by atoms with Gasteiger partial charge in [0.25, 0.3) is 0 Å². The molecule has 0 aliphatic carbocycles. The summed E-state index contributed by atoms with van der Waals surface area (Å²) < 4.78 is 5.26. The Morgan fingerprint density at radius 3 is 1.59 bits per heavy atom. The highest BCUT2D eigenvalue weighted by Gasteiger charge is 2.06. The quantitative estimate of drug-likeness (QED) is 0.278. The number of hydrogen-bond donors (Lipinski definition) is 1. The van der Waals surface area contributed by atoms with Gasteiger partial charge >= 0.3 is 0 Å². The van der Waals surface area contributed by atoms with Crippen molar-refractivity contribution in [2.24, 2.45) is 0 Å². The van der Waals surface area contributed by atoms with Crippen molar-refractivity contribution in [1.29, 1.82) is 0 Å². The normalized spacial score (nSPS) is 11.1. The van der Waals surface area contributed by atoms with Crippen LogP contribution in [0.25, 0.3) is 0 Å². The Morgan fingerprint density at radius 1 is 0.704 bits per heavy atom. The molecule has 0 fully saturated rings. The zero-order valence-electron chi connectivity index (χ0n) is 18.3. The van der Waals surface area contributed by atoms with Gasteiger partial charge in [-0.1, -0.05) is 96.8 Å². The van der Waals surface area contributed by atoms with Crippen LogP contribution in [-0.4, -0.2) is 12.2 Å². The van der Waals surface area contributed by atoms with Gasteiger partial charge in [0.05, 0.1) is 7.11 Å². The minimum absolute atomic E-state index is 0.352. The summed E-state index contributed by atoms with van der Waals surface area (Å²) >= 11 is 0. The van der Waals surface area contributed by atoms with Crippen molar-refractivity contribution in [3.63, 3.8) is 0 Å². The van der Waals surface area contributed by atoms with E-state index in [-0.39, 0.29) is 0 Å². The van der Waals surface area contributed by atoms with Crippen molar-refractivity contribution in [2.75, 3.05) is 7.11 Å². The molecule has 27 heavy (non-hydrogen) atoms. The minimum Gasteiger partial charge on any atom is -0.508 e. The van der Waals surface area contributed by atoms with E-state index >= 15 is 0 Å². The molecule has 1 aromatic rings. The molecule has 0 heterocycles. The van der Waals surface area contributed by atoms with Crippen LogP contribution < -0.4 is 4.74 Å². The van der Waals surface area contributed by atoms with Gasteiger partial charge in [0.15, 0.2) is 0 Å². The summed E-state index contributed by atoms with van der Waals surface area (Å²) in [5.41, 5.74) is 2.22. The molecule has 1 N–H and O–H groups in total. The van der Waals surface area contributed by atoms with Crippen LogP contribution in [0.5, 0.6) is 11.5 Å². The van der Waals surface area contributed by atoms with Crippen LogP contribution in [0.2, 0.25) is 0 Å². The molecule has 2 heteroatoms. The summed E-state index contributed by atoms with van der Waals surface area (Å²) in [5, 5.41) is 9.96. The second kappa shape index (κ2) is 15.8. The number of phenolic OH excluding ortho intramolecular Hbond substituents is 1. The lowest BCUT2D eigenvalue weighted by molar-refractivity contribution is 0.406. The predicted octanol–water partition coefficient (Wildman–Crippen LogP) is 8.12. The van der Waals surface area contributed by atoms with Crippen LogP contribution >= 0.6 is 0 Å². The lowest BCUT2D eigenvalue weighted by atomic mass is 9.99. The van der Waals surface area contributed by atoms with Gasteiger partial charge in [-0.05, 0) is 37.0 Å². The Kier molecular flexibility index (Phi) is 14.0. The van der Waals surface area contributed by atoms with Gasteiger partial charge in [-0.2, -0.15) is 0 Å². The number of aromatic hydroxyl groups is 1. The van der Waals surface area contributed by atoms with Gasteiger partial charge < -0.3 is 9.84 Å². The Balaban J connectivity index is 1.93. The van der Waals surface area contributed by atoms with E-state index in [1.54, 1.807) is 13.2 Å². The van der Waals surface area contributed by atoms with E-state index in [0.717, 1.165) is 17.7 Å². The Morgan fingerprint density at radius 2 is 1.15 bits per heavy atom. The molecule has 1 aromatic carbocycles. The molecular formula is C25H44O2. The first kappa shape index (κ1) is 23.9. The van der Waals surface area contributed by atoms with Gasteiger partial charge in [0, 0.05) is 6.07 Å². The second-order valence-corrected chi connectivity index (χ2v) is 8.13. The predicted molar refractivity (Wildman–Crippen MR) is 118 cm³/mol. The molecule has 0 spiro atoms. The van der Waals surface area contributed by atoms with Gasteiger partial charge in [-0.3, -0.25) is 0 Å². The van der Waals surface area contributed by atoms with Crippen LogP contribution in [0.1, 0.15) is 114 Å². The number of aryl methyl sites for hydroxylation is 1. The molecule has 1 rings (SSSR count). The molecule has 0 radical (unpaired) electrons. The average Bonchev–Trinajstić information content (AvgIpc) is 2.67. The van der Waals surface area contributed by atoms with Crippen LogP contribution in [-0.2, 0) is 6.42 Å². The van der Waals surface area contributed by atoms with Crippen molar-refractivity contribution in [2.45, 2.75) is 117 Å². The number of ether oxygens (including phenoxy) is 1. The van der Waals surface area contributed by atoms with Crippen molar-refractivity contribution in [3.8, 4) is 11.5 Å². The molecule has 0 saturated heterocycles. The maximum Gasteiger partial charge on any atom is 0.122 e. The summed E-state index contributed by atoms with van der Waals surface area (Å²) in [6, 6.07) is 3.77. The van der Waals surface area contributed by atoms with Crippen LogP contribution in [0.15, 0.2) is 12.1 Å². The second-order valence-electron chi connectivity index (χ2n) is 8.13. The minimum atomic E-state index is 0.352. The third-order valence-electron chi connectivity index (χ3n) is 5.75. The number of phenols is 1. The number of unbranched alkanes of at least 4 members (excludes halogenated alkanes) is 14. The number of benzene rings is 1. The standard InChI is InChI=1S/C25H44O2/c1-4-5-6-7-8-9-10-11-12-13-14-15-16-17-18-19-23-20-24(27-3)21-25(26)22(23)2/h20-21,26H,4-19H2,1-3H3. The van der Waals surface area contributed by atoms with Gasteiger partial charge in [0.1, 0.15) is 11.5 Å². The molecule has 156 valence electrons. The lowest BCUT2D eigenvalue weighted by Crippen LogP contribution is -1.93. The third kappa shape index (κ3) is 11.3. The summed E-state index contributed by atoms with van der Waals surface area (Å²) in [6.07, 6.45) is 21.9. The fourth-order valence-electron chi connectivity index (χ4n) is 3.79. The summed E-state index contributed by atoms with van der Waals surface area (Å²) in [5.74, 6) is 1.11. The summed E-state index contributed by atoms with van der Waals surface area (Å²) in [4.78, 5) is 0. The van der Waals surface area contributed by atoms with E-state index < -0.39 is 0 Å². The van der Waals surface area contributed by atoms with Crippen molar-refractivity contribution in [3.05, 3.63) is 23.3 Å². The summed E-state index contributed by atoms with van der Waals surface area (Å²) in [6.45, 7) is 4.28. The molecule has 0 aliphatic heterocycles. The van der Waals surface area contributed by atoms with E-state index in [0.29, 0.717) is 5.75 Å². The number of methoxy groups -OCH3 is 1. The zero-order valence-corrected chi connectivity index (χ0v) is 18.3. The average molecular weight is 377 g/mol. The van der Waals surface area contributed by atoms with E-state index in [4.69, 9.17) is 4.74 Å². The molecule has 2 nitrogen and oxygen atoms in total. The highest BCUT2D eigenvalue weighted by atomic mass is 16.5. The molecule has 0 atom stereocenters. The van der Waals surface area contributed by atoms with E-state index in [1.165, 1.54) is 102 Å².